The normalized spacial score (nSPS) is 10.2. The SMILES string of the molecule is CNC(=O)c1ccc(Nc2ncc(-c3cn[nH]n3)c(N)n2)cc1C.OCCc1ccccc1. The molecule has 0 radical (unpaired) electrons. The summed E-state index contributed by atoms with van der Waals surface area (Å²) in [6.07, 6.45) is 3.89. The van der Waals surface area contributed by atoms with Gasteiger partial charge in [-0.05, 0) is 42.7 Å². The van der Waals surface area contributed by atoms with Crippen molar-refractivity contribution in [2.75, 3.05) is 24.7 Å². The largest absolute Gasteiger partial charge is 0.396 e. The van der Waals surface area contributed by atoms with Crippen molar-refractivity contribution in [2.45, 2.75) is 13.3 Å². The van der Waals surface area contributed by atoms with E-state index in [0.29, 0.717) is 28.6 Å². The lowest BCUT2D eigenvalue weighted by Crippen LogP contribution is -2.18. The fourth-order valence-electron chi connectivity index (χ4n) is 3.02. The number of aromatic amines is 1. The Labute approximate surface area is 191 Å². The summed E-state index contributed by atoms with van der Waals surface area (Å²) in [5, 5.41) is 24.4. The number of aliphatic hydroxyl groups excluding tert-OH is 1. The minimum Gasteiger partial charge on any atom is -0.396 e. The van der Waals surface area contributed by atoms with Gasteiger partial charge >= 0.3 is 0 Å². The maximum absolute atomic E-state index is 11.7. The minimum absolute atomic E-state index is 0.128. The minimum atomic E-state index is -0.128. The third kappa shape index (κ3) is 6.34. The monoisotopic (exact) mass is 446 g/mol. The fraction of sp³-hybridized carbons (Fsp3) is 0.174. The predicted molar refractivity (Wildman–Crippen MR) is 127 cm³/mol. The molecule has 0 atom stereocenters. The van der Waals surface area contributed by atoms with Gasteiger partial charge in [0.1, 0.15) is 11.5 Å². The zero-order valence-electron chi connectivity index (χ0n) is 18.4. The van der Waals surface area contributed by atoms with Crippen LogP contribution in [0.5, 0.6) is 0 Å². The lowest BCUT2D eigenvalue weighted by Gasteiger charge is -2.10. The lowest BCUT2D eigenvalue weighted by atomic mass is 10.1. The van der Waals surface area contributed by atoms with Crippen molar-refractivity contribution in [1.29, 1.82) is 0 Å². The number of carbonyl (C=O) groups excluding carboxylic acids is 1. The first-order chi connectivity index (χ1) is 16.0. The zero-order valence-corrected chi connectivity index (χ0v) is 18.4. The van der Waals surface area contributed by atoms with E-state index in [2.05, 4.69) is 36.0 Å². The molecule has 0 fully saturated rings. The Morgan fingerprint density at radius 3 is 2.55 bits per heavy atom. The molecular weight excluding hydrogens is 420 g/mol. The van der Waals surface area contributed by atoms with Gasteiger partial charge in [-0.1, -0.05) is 30.3 Å². The van der Waals surface area contributed by atoms with E-state index < -0.39 is 0 Å². The molecule has 2 aromatic carbocycles. The summed E-state index contributed by atoms with van der Waals surface area (Å²) in [7, 11) is 1.60. The molecule has 4 rings (SSSR count). The van der Waals surface area contributed by atoms with Gasteiger partial charge in [-0.3, -0.25) is 4.79 Å². The summed E-state index contributed by atoms with van der Waals surface area (Å²) >= 11 is 0. The molecular formula is C23H26N8O2. The number of anilines is 3. The van der Waals surface area contributed by atoms with Crippen molar-refractivity contribution in [3.05, 3.63) is 77.6 Å². The molecule has 0 spiro atoms. The van der Waals surface area contributed by atoms with Crippen LogP contribution in [0.3, 0.4) is 0 Å². The van der Waals surface area contributed by atoms with Crippen LogP contribution in [0.15, 0.2) is 60.9 Å². The molecule has 0 saturated carbocycles. The average molecular weight is 447 g/mol. The van der Waals surface area contributed by atoms with Crippen molar-refractivity contribution >= 4 is 23.4 Å². The van der Waals surface area contributed by atoms with Crippen LogP contribution in [-0.4, -0.2) is 50.0 Å². The van der Waals surface area contributed by atoms with Gasteiger partial charge in [0.25, 0.3) is 5.91 Å². The van der Waals surface area contributed by atoms with E-state index >= 15 is 0 Å². The summed E-state index contributed by atoms with van der Waals surface area (Å²) in [6.45, 7) is 2.10. The Bertz CT molecular complexity index is 1180. The third-order valence-corrected chi connectivity index (χ3v) is 4.71. The Hall–Kier alpha value is -4.31. The Balaban J connectivity index is 0.000000286. The topological polar surface area (TPSA) is 155 Å². The summed E-state index contributed by atoms with van der Waals surface area (Å²) in [5.41, 5.74) is 10.5. The maximum atomic E-state index is 11.7. The number of nitrogen functional groups attached to an aromatic ring is 1. The standard InChI is InChI=1S/C15H16N8O.C8H10O/c1-8-5-9(3-4-10(8)14(24)17-2)20-15-18-6-11(13(16)21-15)12-7-19-23-22-12;9-7-6-8-4-2-1-3-5-8/h3-7H,1-2H3,(H,17,24)(H,19,22,23)(H3,16,18,20,21);1-5,9H,6-7H2. The maximum Gasteiger partial charge on any atom is 0.251 e. The number of nitrogens with zero attached hydrogens (tertiary/aromatic N) is 4. The number of carbonyl (C=O) groups is 1. The Morgan fingerprint density at radius 1 is 1.15 bits per heavy atom. The second kappa shape index (κ2) is 11.3. The number of hydrogen-bond acceptors (Lipinski definition) is 8. The lowest BCUT2D eigenvalue weighted by molar-refractivity contribution is 0.0962. The van der Waals surface area contributed by atoms with Crippen molar-refractivity contribution in [3.63, 3.8) is 0 Å². The third-order valence-electron chi connectivity index (χ3n) is 4.71. The second-order valence-corrected chi connectivity index (χ2v) is 7.04. The van der Waals surface area contributed by atoms with Gasteiger partial charge < -0.3 is 21.5 Å². The highest BCUT2D eigenvalue weighted by molar-refractivity contribution is 5.95. The van der Waals surface area contributed by atoms with Crippen LogP contribution in [0.25, 0.3) is 11.3 Å². The van der Waals surface area contributed by atoms with Crippen LogP contribution in [0.1, 0.15) is 21.5 Å². The van der Waals surface area contributed by atoms with Crippen LogP contribution in [-0.2, 0) is 6.42 Å². The number of amides is 1. The summed E-state index contributed by atoms with van der Waals surface area (Å²) < 4.78 is 0. The number of H-pyrrole nitrogens is 1. The van der Waals surface area contributed by atoms with Crippen molar-refractivity contribution in [1.82, 2.24) is 30.7 Å². The molecule has 0 unspecified atom stereocenters. The highest BCUT2D eigenvalue weighted by atomic mass is 16.3. The number of aromatic nitrogens is 5. The average Bonchev–Trinajstić information content (AvgIpc) is 3.35. The molecule has 10 heteroatoms. The Kier molecular flexibility index (Phi) is 8.03. The first-order valence-corrected chi connectivity index (χ1v) is 10.2. The molecule has 0 bridgehead atoms. The molecule has 10 nitrogen and oxygen atoms in total. The predicted octanol–water partition coefficient (Wildman–Crippen LogP) is 2.48. The highest BCUT2D eigenvalue weighted by Gasteiger charge is 2.11. The molecule has 2 heterocycles. The van der Waals surface area contributed by atoms with E-state index in [1.54, 1.807) is 31.6 Å². The van der Waals surface area contributed by atoms with E-state index in [0.717, 1.165) is 17.7 Å². The molecule has 0 saturated heterocycles. The summed E-state index contributed by atoms with van der Waals surface area (Å²) in [5.74, 6) is 0.517. The second-order valence-electron chi connectivity index (χ2n) is 7.04. The summed E-state index contributed by atoms with van der Waals surface area (Å²) in [4.78, 5) is 20.2. The number of hydrogen-bond donors (Lipinski definition) is 5. The molecule has 4 aromatic rings. The molecule has 0 aliphatic heterocycles. The van der Waals surface area contributed by atoms with Crippen molar-refractivity contribution in [3.8, 4) is 11.3 Å². The van der Waals surface area contributed by atoms with Crippen LogP contribution in [0.2, 0.25) is 0 Å². The number of rotatable bonds is 6. The van der Waals surface area contributed by atoms with E-state index in [9.17, 15) is 4.79 Å². The smallest absolute Gasteiger partial charge is 0.251 e. The van der Waals surface area contributed by atoms with Crippen LogP contribution in [0.4, 0.5) is 17.5 Å². The summed E-state index contributed by atoms with van der Waals surface area (Å²) in [6, 6.07) is 15.3. The number of nitrogens with one attached hydrogen (secondary N) is 3. The molecule has 6 N–H and O–H groups in total. The number of benzene rings is 2. The van der Waals surface area contributed by atoms with Gasteiger partial charge in [0.05, 0.1) is 11.8 Å². The van der Waals surface area contributed by atoms with E-state index in [1.165, 1.54) is 5.56 Å². The number of aliphatic hydroxyl groups is 1. The molecule has 1 amide bonds. The number of nitrogens with two attached hydrogens (primary N) is 1. The van der Waals surface area contributed by atoms with Crippen LogP contribution >= 0.6 is 0 Å². The van der Waals surface area contributed by atoms with Crippen molar-refractivity contribution < 1.29 is 9.90 Å². The Morgan fingerprint density at radius 2 is 1.94 bits per heavy atom. The molecule has 170 valence electrons. The van der Waals surface area contributed by atoms with Gasteiger partial charge in [-0.15, -0.1) is 0 Å². The van der Waals surface area contributed by atoms with Gasteiger partial charge in [0.15, 0.2) is 0 Å². The molecule has 33 heavy (non-hydrogen) atoms. The molecule has 0 aliphatic rings. The fourth-order valence-corrected chi connectivity index (χ4v) is 3.02. The van der Waals surface area contributed by atoms with E-state index in [1.807, 2.05) is 43.3 Å². The van der Waals surface area contributed by atoms with Gasteiger partial charge in [-0.2, -0.15) is 20.4 Å². The quantitative estimate of drug-likeness (QED) is 0.303. The van der Waals surface area contributed by atoms with E-state index in [4.69, 9.17) is 10.8 Å². The zero-order chi connectivity index (χ0) is 23.6. The van der Waals surface area contributed by atoms with Crippen LogP contribution < -0.4 is 16.4 Å². The van der Waals surface area contributed by atoms with E-state index in [-0.39, 0.29) is 12.5 Å². The van der Waals surface area contributed by atoms with Gasteiger partial charge in [0, 0.05) is 31.1 Å². The van der Waals surface area contributed by atoms with Crippen LogP contribution in [0, 0.1) is 6.92 Å². The number of aryl methyl sites for hydroxylation is 1. The molecule has 0 aliphatic carbocycles. The first kappa shape index (κ1) is 23.4. The van der Waals surface area contributed by atoms with Gasteiger partial charge in [-0.25, -0.2) is 4.98 Å². The molecule has 2 aromatic heterocycles. The van der Waals surface area contributed by atoms with Gasteiger partial charge in [0.2, 0.25) is 5.95 Å². The highest BCUT2D eigenvalue weighted by Crippen LogP contribution is 2.23. The van der Waals surface area contributed by atoms with Crippen molar-refractivity contribution in [2.24, 2.45) is 0 Å². The first-order valence-electron chi connectivity index (χ1n) is 10.2.